The zero-order chi connectivity index (χ0) is 23.6. The third-order valence-corrected chi connectivity index (χ3v) is 5.99. The number of imide groups is 1. The number of pyridine rings is 1. The number of carbonyl (C=O) groups is 2. The van der Waals surface area contributed by atoms with Crippen molar-refractivity contribution < 1.29 is 18.2 Å². The van der Waals surface area contributed by atoms with Crippen molar-refractivity contribution in [3.8, 4) is 5.75 Å². The molecule has 0 saturated carbocycles. The van der Waals surface area contributed by atoms with Crippen molar-refractivity contribution >= 4 is 41.3 Å². The molecule has 1 aliphatic heterocycles. The third kappa shape index (κ3) is 4.49. The summed E-state index contributed by atoms with van der Waals surface area (Å²) >= 11 is 0.110. The molecule has 0 spiro atoms. The summed E-state index contributed by atoms with van der Waals surface area (Å²) in [5, 5.41) is 3.23. The summed E-state index contributed by atoms with van der Waals surface area (Å²) in [5.41, 5.74) is 1.03. The number of benzene rings is 2. The maximum atomic E-state index is 13.2. The molecule has 2 heterocycles. The van der Waals surface area contributed by atoms with Crippen LogP contribution in [0.5, 0.6) is 5.75 Å². The van der Waals surface area contributed by atoms with Gasteiger partial charge < -0.3 is 15.0 Å². The van der Waals surface area contributed by atoms with Crippen molar-refractivity contribution in [2.24, 2.45) is 0 Å². The lowest BCUT2D eigenvalue weighted by Gasteiger charge is -2.27. The number of halogens is 1. The normalized spacial score (nSPS) is 15.2. The molecule has 2 aromatic carbocycles. The van der Waals surface area contributed by atoms with Crippen LogP contribution < -0.4 is 15.0 Å². The molecule has 0 aliphatic carbocycles. The summed E-state index contributed by atoms with van der Waals surface area (Å²) < 4.78 is 17.9. The molecule has 0 unspecified atom stereocenters. The molecule has 0 atom stereocenters. The van der Waals surface area contributed by atoms with Gasteiger partial charge in [-0.2, -0.15) is 3.89 Å². The molecule has 170 valence electrons. The Balaban J connectivity index is 1.54. The molecule has 1 N–H and O–H groups in total. The maximum absolute atomic E-state index is 13.2. The quantitative estimate of drug-likeness (QED) is 0.460. The van der Waals surface area contributed by atoms with Crippen LogP contribution in [0.25, 0.3) is 0 Å². The molecule has 1 saturated heterocycles. The van der Waals surface area contributed by atoms with E-state index in [4.69, 9.17) is 4.74 Å². The summed E-state index contributed by atoms with van der Waals surface area (Å²) in [6.45, 7) is 3.67. The van der Waals surface area contributed by atoms with Gasteiger partial charge in [0.15, 0.2) is 0 Å². The number of nitrogens with zero attached hydrogens (tertiary/aromatic N) is 3. The van der Waals surface area contributed by atoms with Gasteiger partial charge in [0.25, 0.3) is 5.91 Å². The lowest BCUT2D eigenvalue weighted by Crippen LogP contribution is -2.43. The summed E-state index contributed by atoms with van der Waals surface area (Å²) in [6.07, 6.45) is 1.65. The Morgan fingerprint density at radius 2 is 1.76 bits per heavy atom. The first-order valence-electron chi connectivity index (χ1n) is 10.2. The minimum Gasteiger partial charge on any atom is -0.497 e. The van der Waals surface area contributed by atoms with Gasteiger partial charge in [-0.25, -0.2) is 14.7 Å². The first-order chi connectivity index (χ1) is 15.8. The van der Waals surface area contributed by atoms with E-state index in [0.717, 1.165) is 21.9 Å². The van der Waals surface area contributed by atoms with Crippen LogP contribution in [0, 0.1) is 0 Å². The van der Waals surface area contributed by atoms with Gasteiger partial charge in [-0.05, 0) is 80.1 Å². The van der Waals surface area contributed by atoms with Crippen LogP contribution in [0.1, 0.15) is 19.4 Å². The molecule has 4 rings (SSSR count). The molecule has 7 nitrogen and oxygen atoms in total. The number of urea groups is 1. The Morgan fingerprint density at radius 1 is 1.06 bits per heavy atom. The fraction of sp³-hybridized carbons (Fsp3) is 0.208. The Hall–Kier alpha value is -3.59. The fourth-order valence-corrected chi connectivity index (χ4v) is 3.86. The Kier molecular flexibility index (Phi) is 6.24. The number of carbonyl (C=O) groups excluding carboxylic acids is 2. The van der Waals surface area contributed by atoms with Gasteiger partial charge in [-0.3, -0.25) is 4.79 Å². The fourth-order valence-electron chi connectivity index (χ4n) is 3.62. The van der Waals surface area contributed by atoms with Crippen molar-refractivity contribution in [3.63, 3.8) is 0 Å². The smallest absolute Gasteiger partial charge is 0.332 e. The monoisotopic (exact) mass is 466 g/mol. The van der Waals surface area contributed by atoms with Gasteiger partial charge in [0.1, 0.15) is 17.1 Å². The Bertz CT molecular complexity index is 1170. The second-order valence-electron chi connectivity index (χ2n) is 8.04. The number of ether oxygens (including phenoxy) is 1. The molecule has 0 bridgehead atoms. The highest BCUT2D eigenvalue weighted by atomic mass is 32.2. The number of nitrogens with one attached hydrogen (secondary N) is 1. The second-order valence-corrected chi connectivity index (χ2v) is 8.67. The number of hydrogen-bond donors (Lipinski definition) is 1. The van der Waals surface area contributed by atoms with Crippen molar-refractivity contribution in [2.45, 2.75) is 30.8 Å². The standard InChI is InChI=1S/C24H23FN4O3S/c1-24(2)22(30)29(18-6-10-20(33-25)11-7-18)23(31)28(24)15-16-12-13-26-21(14-16)27-17-4-8-19(32-3)9-5-17/h4-14H,15H2,1-3H3,(H,26,27). The molecule has 1 aliphatic rings. The number of anilines is 3. The summed E-state index contributed by atoms with van der Waals surface area (Å²) in [5.74, 6) is 1.03. The highest BCUT2D eigenvalue weighted by molar-refractivity contribution is 7.94. The Morgan fingerprint density at radius 3 is 2.39 bits per heavy atom. The first-order valence-corrected chi connectivity index (χ1v) is 11.0. The largest absolute Gasteiger partial charge is 0.497 e. The third-order valence-electron chi connectivity index (χ3n) is 5.53. The van der Waals surface area contributed by atoms with Gasteiger partial charge in [-0.15, -0.1) is 0 Å². The molecule has 0 radical (unpaired) electrons. The van der Waals surface area contributed by atoms with Crippen LogP contribution in [-0.2, 0) is 11.3 Å². The minimum atomic E-state index is -1.04. The van der Waals surface area contributed by atoms with Gasteiger partial charge in [-0.1, -0.05) is 0 Å². The van der Waals surface area contributed by atoms with Crippen LogP contribution in [0.2, 0.25) is 0 Å². The number of aromatic nitrogens is 1. The predicted octanol–water partition coefficient (Wildman–Crippen LogP) is 5.56. The van der Waals surface area contributed by atoms with Crippen LogP contribution in [0.3, 0.4) is 0 Å². The van der Waals surface area contributed by atoms with Crippen molar-refractivity contribution in [1.29, 1.82) is 0 Å². The number of methoxy groups -OCH3 is 1. The van der Waals surface area contributed by atoms with E-state index in [2.05, 4.69) is 10.3 Å². The van der Waals surface area contributed by atoms with Crippen LogP contribution in [-0.4, -0.2) is 34.5 Å². The van der Waals surface area contributed by atoms with Crippen molar-refractivity contribution in [1.82, 2.24) is 9.88 Å². The van der Waals surface area contributed by atoms with E-state index in [-0.39, 0.29) is 24.6 Å². The SMILES string of the molecule is COc1ccc(Nc2cc(CN3C(=O)N(c4ccc(SF)cc4)C(=O)C3(C)C)ccn2)cc1. The molecule has 1 aromatic heterocycles. The van der Waals surface area contributed by atoms with Gasteiger partial charge >= 0.3 is 6.03 Å². The van der Waals surface area contributed by atoms with E-state index in [9.17, 15) is 13.5 Å². The van der Waals surface area contributed by atoms with Crippen LogP contribution >= 0.6 is 12.1 Å². The van der Waals surface area contributed by atoms with Crippen LogP contribution in [0.4, 0.5) is 25.9 Å². The van der Waals surface area contributed by atoms with Crippen LogP contribution in [0.15, 0.2) is 71.8 Å². The van der Waals surface area contributed by atoms with Crippen molar-refractivity contribution in [3.05, 3.63) is 72.4 Å². The van der Waals surface area contributed by atoms with E-state index >= 15 is 0 Å². The predicted molar refractivity (Wildman–Crippen MR) is 126 cm³/mol. The van der Waals surface area contributed by atoms with E-state index in [1.807, 2.05) is 36.4 Å². The molecule has 3 amide bonds. The van der Waals surface area contributed by atoms with Gasteiger partial charge in [0.2, 0.25) is 0 Å². The van der Waals surface area contributed by atoms with Crippen molar-refractivity contribution in [2.75, 3.05) is 17.3 Å². The number of rotatable bonds is 7. The summed E-state index contributed by atoms with van der Waals surface area (Å²) in [7, 11) is 1.61. The zero-order valence-electron chi connectivity index (χ0n) is 18.4. The zero-order valence-corrected chi connectivity index (χ0v) is 19.2. The van der Waals surface area contributed by atoms with Gasteiger partial charge in [0, 0.05) is 23.3 Å². The van der Waals surface area contributed by atoms with E-state index in [0.29, 0.717) is 16.4 Å². The number of amides is 3. The summed E-state index contributed by atoms with van der Waals surface area (Å²) in [4.78, 5) is 33.8. The van der Waals surface area contributed by atoms with E-state index in [1.54, 1.807) is 39.3 Å². The molecule has 33 heavy (non-hydrogen) atoms. The highest BCUT2D eigenvalue weighted by Gasteiger charge is 2.51. The topological polar surface area (TPSA) is 74.8 Å². The molecular weight excluding hydrogens is 443 g/mol. The molecular formula is C24H23FN4O3S. The minimum absolute atomic E-state index is 0.110. The van der Waals surface area contributed by atoms with Gasteiger partial charge in [0.05, 0.1) is 24.9 Å². The maximum Gasteiger partial charge on any atom is 0.332 e. The summed E-state index contributed by atoms with van der Waals surface area (Å²) in [6, 6.07) is 16.9. The highest BCUT2D eigenvalue weighted by Crippen LogP contribution is 2.34. The second kappa shape index (κ2) is 9.11. The molecule has 3 aromatic rings. The molecule has 9 heteroatoms. The Labute approximate surface area is 195 Å². The molecule has 1 fully saturated rings. The van der Waals surface area contributed by atoms with E-state index < -0.39 is 11.6 Å². The average Bonchev–Trinajstić information content (AvgIpc) is 2.99. The number of hydrogen-bond acceptors (Lipinski definition) is 6. The first kappa shape index (κ1) is 22.6. The average molecular weight is 467 g/mol. The lowest BCUT2D eigenvalue weighted by molar-refractivity contribution is -0.123. The lowest BCUT2D eigenvalue weighted by atomic mass is 10.0. The van der Waals surface area contributed by atoms with E-state index in [1.165, 1.54) is 17.0 Å².